The second-order valence-electron chi connectivity index (χ2n) is 3.85. The Balaban J connectivity index is 2.23. The van der Waals surface area contributed by atoms with Gasteiger partial charge in [-0.15, -0.1) is 0 Å². The largest absolute Gasteiger partial charge is 0.496 e. The molecule has 1 heterocycles. The van der Waals surface area contributed by atoms with Crippen LogP contribution in [0.4, 0.5) is 5.69 Å². The van der Waals surface area contributed by atoms with Gasteiger partial charge in [0.25, 0.3) is 0 Å². The minimum atomic E-state index is 0.980. The van der Waals surface area contributed by atoms with Crippen LogP contribution in [0.5, 0.6) is 5.75 Å². The number of anilines is 1. The Morgan fingerprint density at radius 2 is 1.93 bits per heavy atom. The fraction of sp³-hybridized carbons (Fsp3) is 0.500. The molecule has 0 bridgehead atoms. The lowest BCUT2D eigenvalue weighted by Gasteiger charge is -2.18. The normalized spacial score (nSPS) is 16.0. The van der Waals surface area contributed by atoms with E-state index in [0.29, 0.717) is 0 Å². The zero-order valence-corrected chi connectivity index (χ0v) is 8.92. The number of aryl methyl sites for hydroxylation is 1. The van der Waals surface area contributed by atoms with Crippen LogP contribution in [0.1, 0.15) is 18.4 Å². The van der Waals surface area contributed by atoms with Crippen LogP contribution in [0.3, 0.4) is 0 Å². The molecule has 2 nitrogen and oxygen atoms in total. The van der Waals surface area contributed by atoms with Gasteiger partial charge < -0.3 is 9.64 Å². The lowest BCUT2D eigenvalue weighted by molar-refractivity contribution is 0.411. The summed E-state index contributed by atoms with van der Waals surface area (Å²) in [5, 5.41) is 0. The molecule has 0 radical (unpaired) electrons. The Kier molecular flexibility index (Phi) is 2.62. The molecule has 1 fully saturated rings. The molecule has 1 aliphatic rings. The van der Waals surface area contributed by atoms with E-state index in [1.165, 1.54) is 37.2 Å². The van der Waals surface area contributed by atoms with Crippen molar-refractivity contribution in [2.75, 3.05) is 25.1 Å². The van der Waals surface area contributed by atoms with E-state index >= 15 is 0 Å². The minimum Gasteiger partial charge on any atom is -0.496 e. The quantitative estimate of drug-likeness (QED) is 0.712. The lowest BCUT2D eigenvalue weighted by atomic mass is 10.2. The summed E-state index contributed by atoms with van der Waals surface area (Å²) in [7, 11) is 1.72. The Morgan fingerprint density at radius 3 is 2.50 bits per heavy atom. The molecular formula is C12H17NO. The first-order valence-electron chi connectivity index (χ1n) is 5.21. The Hall–Kier alpha value is -1.18. The Bertz CT molecular complexity index is 316. The second kappa shape index (κ2) is 3.91. The van der Waals surface area contributed by atoms with E-state index in [9.17, 15) is 0 Å². The molecule has 2 rings (SSSR count). The average molecular weight is 191 g/mol. The molecule has 0 N–H and O–H groups in total. The SMILES string of the molecule is COc1ccc(N2CCCC2)cc1C. The van der Waals surface area contributed by atoms with Gasteiger partial charge in [-0.2, -0.15) is 0 Å². The zero-order chi connectivity index (χ0) is 9.97. The van der Waals surface area contributed by atoms with E-state index in [1.54, 1.807) is 7.11 Å². The van der Waals surface area contributed by atoms with E-state index in [1.807, 2.05) is 0 Å². The van der Waals surface area contributed by atoms with Gasteiger partial charge in [0, 0.05) is 18.8 Å². The van der Waals surface area contributed by atoms with Gasteiger partial charge in [-0.25, -0.2) is 0 Å². The Labute approximate surface area is 85.5 Å². The zero-order valence-electron chi connectivity index (χ0n) is 8.92. The van der Waals surface area contributed by atoms with Gasteiger partial charge in [0.15, 0.2) is 0 Å². The number of nitrogens with zero attached hydrogens (tertiary/aromatic N) is 1. The van der Waals surface area contributed by atoms with Crippen LogP contribution >= 0.6 is 0 Å². The minimum absolute atomic E-state index is 0.980. The monoisotopic (exact) mass is 191 g/mol. The summed E-state index contributed by atoms with van der Waals surface area (Å²) in [4.78, 5) is 2.44. The van der Waals surface area contributed by atoms with Crippen molar-refractivity contribution in [2.45, 2.75) is 19.8 Å². The molecule has 14 heavy (non-hydrogen) atoms. The van der Waals surface area contributed by atoms with Crippen molar-refractivity contribution in [2.24, 2.45) is 0 Å². The van der Waals surface area contributed by atoms with Crippen molar-refractivity contribution in [3.05, 3.63) is 23.8 Å². The third-order valence-electron chi connectivity index (χ3n) is 2.85. The van der Waals surface area contributed by atoms with Crippen molar-refractivity contribution in [1.29, 1.82) is 0 Å². The maximum Gasteiger partial charge on any atom is 0.121 e. The van der Waals surface area contributed by atoms with Crippen LogP contribution in [0, 0.1) is 6.92 Å². The smallest absolute Gasteiger partial charge is 0.121 e. The molecule has 1 aromatic rings. The van der Waals surface area contributed by atoms with Gasteiger partial charge in [-0.05, 0) is 43.5 Å². The van der Waals surface area contributed by atoms with Crippen LogP contribution in [-0.2, 0) is 0 Å². The van der Waals surface area contributed by atoms with E-state index in [-0.39, 0.29) is 0 Å². The van der Waals surface area contributed by atoms with Gasteiger partial charge in [0.2, 0.25) is 0 Å². The van der Waals surface area contributed by atoms with E-state index in [2.05, 4.69) is 30.0 Å². The summed E-state index contributed by atoms with van der Waals surface area (Å²) in [6.07, 6.45) is 2.65. The molecule has 1 aromatic carbocycles. The standard InChI is InChI=1S/C12H17NO/c1-10-9-11(5-6-12(10)14-2)13-7-3-4-8-13/h5-6,9H,3-4,7-8H2,1-2H3. The predicted octanol–water partition coefficient (Wildman–Crippen LogP) is 2.60. The van der Waals surface area contributed by atoms with E-state index in [4.69, 9.17) is 4.74 Å². The summed E-state index contributed by atoms with van der Waals surface area (Å²) in [5.41, 5.74) is 2.55. The van der Waals surface area contributed by atoms with Crippen molar-refractivity contribution in [3.8, 4) is 5.75 Å². The summed E-state index contributed by atoms with van der Waals surface area (Å²) in [6, 6.07) is 6.42. The predicted molar refractivity (Wildman–Crippen MR) is 59.2 cm³/mol. The summed E-state index contributed by atoms with van der Waals surface area (Å²) >= 11 is 0. The molecule has 0 spiro atoms. The van der Waals surface area contributed by atoms with E-state index < -0.39 is 0 Å². The third kappa shape index (κ3) is 1.69. The molecule has 0 aliphatic carbocycles. The Morgan fingerprint density at radius 1 is 1.21 bits per heavy atom. The molecule has 2 heteroatoms. The van der Waals surface area contributed by atoms with Gasteiger partial charge in [0.1, 0.15) is 5.75 Å². The van der Waals surface area contributed by atoms with Crippen LogP contribution < -0.4 is 9.64 Å². The first-order chi connectivity index (χ1) is 6.81. The van der Waals surface area contributed by atoms with Crippen LogP contribution in [0.25, 0.3) is 0 Å². The molecule has 0 unspecified atom stereocenters. The summed E-state index contributed by atoms with van der Waals surface area (Å²) < 4.78 is 5.24. The lowest BCUT2D eigenvalue weighted by Crippen LogP contribution is -2.17. The maximum atomic E-state index is 5.24. The van der Waals surface area contributed by atoms with Crippen molar-refractivity contribution in [3.63, 3.8) is 0 Å². The number of hydrogen-bond donors (Lipinski definition) is 0. The number of rotatable bonds is 2. The highest BCUT2D eigenvalue weighted by molar-refractivity contribution is 5.53. The van der Waals surface area contributed by atoms with Gasteiger partial charge >= 0.3 is 0 Å². The molecule has 76 valence electrons. The highest BCUT2D eigenvalue weighted by Gasteiger charge is 2.12. The summed E-state index contributed by atoms with van der Waals surface area (Å²) in [6.45, 7) is 4.50. The molecule has 0 aromatic heterocycles. The number of benzene rings is 1. The fourth-order valence-electron chi connectivity index (χ4n) is 2.03. The average Bonchev–Trinajstić information content (AvgIpc) is 2.70. The number of hydrogen-bond acceptors (Lipinski definition) is 2. The first kappa shape index (κ1) is 9.38. The highest BCUT2D eigenvalue weighted by Crippen LogP contribution is 2.26. The van der Waals surface area contributed by atoms with Crippen molar-refractivity contribution >= 4 is 5.69 Å². The van der Waals surface area contributed by atoms with E-state index in [0.717, 1.165) is 5.75 Å². The molecule has 0 saturated carbocycles. The van der Waals surface area contributed by atoms with Crippen molar-refractivity contribution in [1.82, 2.24) is 0 Å². The van der Waals surface area contributed by atoms with Crippen molar-refractivity contribution < 1.29 is 4.74 Å². The molecule has 0 atom stereocenters. The number of ether oxygens (including phenoxy) is 1. The molecule has 1 aliphatic heterocycles. The second-order valence-corrected chi connectivity index (χ2v) is 3.85. The number of methoxy groups -OCH3 is 1. The topological polar surface area (TPSA) is 12.5 Å². The van der Waals surface area contributed by atoms with Crippen LogP contribution in [0.2, 0.25) is 0 Å². The molecular weight excluding hydrogens is 174 g/mol. The van der Waals surface area contributed by atoms with Gasteiger partial charge in [-0.3, -0.25) is 0 Å². The first-order valence-corrected chi connectivity index (χ1v) is 5.21. The van der Waals surface area contributed by atoms with Crippen LogP contribution in [-0.4, -0.2) is 20.2 Å². The van der Waals surface area contributed by atoms with Crippen LogP contribution in [0.15, 0.2) is 18.2 Å². The highest BCUT2D eigenvalue weighted by atomic mass is 16.5. The molecule has 0 amide bonds. The van der Waals surface area contributed by atoms with Gasteiger partial charge in [0.05, 0.1) is 7.11 Å². The van der Waals surface area contributed by atoms with Gasteiger partial charge in [-0.1, -0.05) is 0 Å². The third-order valence-corrected chi connectivity index (χ3v) is 2.85. The fourth-order valence-corrected chi connectivity index (χ4v) is 2.03. The summed E-state index contributed by atoms with van der Waals surface area (Å²) in [5.74, 6) is 0.980. The molecule has 1 saturated heterocycles. The maximum absolute atomic E-state index is 5.24.